The molecular weight excluding hydrogens is 272 g/mol. The SMILES string of the molecule is CN=C(NCc1ccccc1)N[C@@H]1CCN(C2CCCC2)C1. The van der Waals surface area contributed by atoms with Crippen molar-refractivity contribution < 1.29 is 0 Å². The second-order valence-corrected chi connectivity index (χ2v) is 6.47. The van der Waals surface area contributed by atoms with Crippen molar-refractivity contribution >= 4 is 5.96 Å². The largest absolute Gasteiger partial charge is 0.352 e. The molecular formula is C18H28N4. The molecule has 1 aliphatic heterocycles. The first kappa shape index (κ1) is 15.3. The average Bonchev–Trinajstić information content (AvgIpc) is 3.23. The molecule has 3 rings (SSSR count). The number of hydrogen-bond acceptors (Lipinski definition) is 2. The van der Waals surface area contributed by atoms with Gasteiger partial charge in [0.15, 0.2) is 5.96 Å². The van der Waals surface area contributed by atoms with Gasteiger partial charge in [-0.05, 0) is 24.8 Å². The smallest absolute Gasteiger partial charge is 0.191 e. The fourth-order valence-corrected chi connectivity index (χ4v) is 3.68. The lowest BCUT2D eigenvalue weighted by Gasteiger charge is -2.24. The highest BCUT2D eigenvalue weighted by atomic mass is 15.3. The maximum atomic E-state index is 4.37. The molecule has 0 aromatic heterocycles. The summed E-state index contributed by atoms with van der Waals surface area (Å²) < 4.78 is 0. The molecule has 1 atom stereocenters. The monoisotopic (exact) mass is 300 g/mol. The predicted octanol–water partition coefficient (Wildman–Crippen LogP) is 2.37. The Labute approximate surface area is 134 Å². The van der Waals surface area contributed by atoms with Crippen molar-refractivity contribution in [3.8, 4) is 0 Å². The number of nitrogens with one attached hydrogen (secondary N) is 2. The summed E-state index contributed by atoms with van der Waals surface area (Å²) in [6.45, 7) is 3.22. The minimum atomic E-state index is 0.530. The van der Waals surface area contributed by atoms with E-state index in [1.54, 1.807) is 0 Å². The van der Waals surface area contributed by atoms with Crippen molar-refractivity contribution in [2.45, 2.75) is 50.7 Å². The zero-order valence-electron chi connectivity index (χ0n) is 13.6. The number of nitrogens with zero attached hydrogens (tertiary/aromatic N) is 2. The first-order valence-corrected chi connectivity index (χ1v) is 8.60. The van der Waals surface area contributed by atoms with Gasteiger partial charge in [-0.25, -0.2) is 0 Å². The maximum Gasteiger partial charge on any atom is 0.191 e. The Morgan fingerprint density at radius 1 is 1.18 bits per heavy atom. The van der Waals surface area contributed by atoms with E-state index >= 15 is 0 Å². The van der Waals surface area contributed by atoms with E-state index in [9.17, 15) is 0 Å². The zero-order valence-corrected chi connectivity index (χ0v) is 13.6. The summed E-state index contributed by atoms with van der Waals surface area (Å²) in [5, 5.41) is 7.00. The first-order valence-electron chi connectivity index (χ1n) is 8.60. The molecule has 1 aliphatic carbocycles. The van der Waals surface area contributed by atoms with Crippen LogP contribution in [0.5, 0.6) is 0 Å². The van der Waals surface area contributed by atoms with Crippen LogP contribution >= 0.6 is 0 Å². The van der Waals surface area contributed by atoms with E-state index in [2.05, 4.69) is 44.8 Å². The molecule has 0 radical (unpaired) electrons. The summed E-state index contributed by atoms with van der Waals surface area (Å²) in [4.78, 5) is 7.04. The maximum absolute atomic E-state index is 4.37. The third-order valence-electron chi connectivity index (χ3n) is 4.93. The van der Waals surface area contributed by atoms with E-state index in [1.807, 2.05) is 13.1 Å². The summed E-state index contributed by atoms with van der Waals surface area (Å²) in [6, 6.07) is 11.8. The summed E-state index contributed by atoms with van der Waals surface area (Å²) in [5.41, 5.74) is 1.28. The third kappa shape index (κ3) is 4.01. The summed E-state index contributed by atoms with van der Waals surface area (Å²) in [5.74, 6) is 0.919. The van der Waals surface area contributed by atoms with Gasteiger partial charge in [-0.2, -0.15) is 0 Å². The minimum absolute atomic E-state index is 0.530. The molecule has 2 N–H and O–H groups in total. The van der Waals surface area contributed by atoms with E-state index in [1.165, 1.54) is 44.2 Å². The zero-order chi connectivity index (χ0) is 15.2. The van der Waals surface area contributed by atoms with Crippen LogP contribution in [0.1, 0.15) is 37.7 Å². The second-order valence-electron chi connectivity index (χ2n) is 6.47. The molecule has 4 nitrogen and oxygen atoms in total. The first-order chi connectivity index (χ1) is 10.8. The van der Waals surface area contributed by atoms with E-state index in [0.717, 1.165) is 25.1 Å². The number of hydrogen-bond donors (Lipinski definition) is 2. The van der Waals surface area contributed by atoms with Crippen LogP contribution in [0.15, 0.2) is 35.3 Å². The normalized spacial score (nSPS) is 23.9. The lowest BCUT2D eigenvalue weighted by molar-refractivity contribution is 0.242. The van der Waals surface area contributed by atoms with Crippen LogP contribution in [0.3, 0.4) is 0 Å². The van der Waals surface area contributed by atoms with Gasteiger partial charge in [0.05, 0.1) is 0 Å². The molecule has 2 aliphatic rings. The van der Waals surface area contributed by atoms with Gasteiger partial charge in [0.1, 0.15) is 0 Å². The molecule has 0 bridgehead atoms. The Morgan fingerprint density at radius 2 is 1.95 bits per heavy atom. The molecule has 1 aromatic rings. The summed E-state index contributed by atoms with van der Waals surface area (Å²) in [6.07, 6.45) is 6.85. The van der Waals surface area contributed by atoms with Crippen LogP contribution in [0.2, 0.25) is 0 Å². The van der Waals surface area contributed by atoms with Crippen LogP contribution in [-0.2, 0) is 6.54 Å². The summed E-state index contributed by atoms with van der Waals surface area (Å²) in [7, 11) is 1.85. The van der Waals surface area contributed by atoms with Crippen LogP contribution in [0, 0.1) is 0 Å². The Kier molecular flexibility index (Phi) is 5.33. The lowest BCUT2D eigenvalue weighted by atomic mass is 10.2. The molecule has 1 saturated carbocycles. The van der Waals surface area contributed by atoms with Gasteiger partial charge in [-0.15, -0.1) is 0 Å². The Morgan fingerprint density at radius 3 is 2.68 bits per heavy atom. The number of rotatable bonds is 4. The van der Waals surface area contributed by atoms with Crippen molar-refractivity contribution in [3.63, 3.8) is 0 Å². The van der Waals surface area contributed by atoms with Gasteiger partial charge in [-0.1, -0.05) is 43.2 Å². The fraction of sp³-hybridized carbons (Fsp3) is 0.611. The molecule has 120 valence electrons. The molecule has 0 amide bonds. The highest BCUT2D eigenvalue weighted by molar-refractivity contribution is 5.80. The molecule has 0 unspecified atom stereocenters. The summed E-state index contributed by atoms with van der Waals surface area (Å²) >= 11 is 0. The van der Waals surface area contributed by atoms with Gasteiger partial charge in [0, 0.05) is 38.8 Å². The van der Waals surface area contributed by atoms with Crippen LogP contribution in [-0.4, -0.2) is 43.1 Å². The van der Waals surface area contributed by atoms with Crippen LogP contribution in [0.25, 0.3) is 0 Å². The van der Waals surface area contributed by atoms with Gasteiger partial charge >= 0.3 is 0 Å². The minimum Gasteiger partial charge on any atom is -0.352 e. The molecule has 1 aromatic carbocycles. The predicted molar refractivity (Wildman–Crippen MR) is 92.0 cm³/mol. The molecule has 4 heteroatoms. The number of likely N-dealkylation sites (tertiary alicyclic amines) is 1. The van der Waals surface area contributed by atoms with Gasteiger partial charge in [0.2, 0.25) is 0 Å². The average molecular weight is 300 g/mol. The van der Waals surface area contributed by atoms with E-state index < -0.39 is 0 Å². The second kappa shape index (κ2) is 7.63. The standard InChI is InChI=1S/C18H28N4/c1-19-18(20-13-15-7-3-2-4-8-15)21-16-11-12-22(14-16)17-9-5-6-10-17/h2-4,7-8,16-17H,5-6,9-14H2,1H3,(H2,19,20,21)/t16-/m1/s1. The Bertz CT molecular complexity index is 479. The highest BCUT2D eigenvalue weighted by Crippen LogP contribution is 2.26. The van der Waals surface area contributed by atoms with Crippen molar-refractivity contribution in [1.29, 1.82) is 0 Å². The van der Waals surface area contributed by atoms with Crippen molar-refractivity contribution in [1.82, 2.24) is 15.5 Å². The molecule has 22 heavy (non-hydrogen) atoms. The molecule has 1 heterocycles. The Balaban J connectivity index is 1.45. The van der Waals surface area contributed by atoms with E-state index in [0.29, 0.717) is 6.04 Å². The number of guanidine groups is 1. The quantitative estimate of drug-likeness (QED) is 0.662. The fourth-order valence-electron chi connectivity index (χ4n) is 3.68. The van der Waals surface area contributed by atoms with Crippen molar-refractivity contribution in [2.24, 2.45) is 4.99 Å². The lowest BCUT2D eigenvalue weighted by Crippen LogP contribution is -2.45. The van der Waals surface area contributed by atoms with Crippen LogP contribution in [0.4, 0.5) is 0 Å². The van der Waals surface area contributed by atoms with Gasteiger partial charge in [-0.3, -0.25) is 9.89 Å². The van der Waals surface area contributed by atoms with E-state index in [4.69, 9.17) is 0 Å². The number of benzene rings is 1. The number of aliphatic imine (C=N–C) groups is 1. The highest BCUT2D eigenvalue weighted by Gasteiger charge is 2.30. The Hall–Kier alpha value is -1.55. The third-order valence-corrected chi connectivity index (χ3v) is 4.93. The van der Waals surface area contributed by atoms with E-state index in [-0.39, 0.29) is 0 Å². The van der Waals surface area contributed by atoms with Crippen molar-refractivity contribution in [2.75, 3.05) is 20.1 Å². The van der Waals surface area contributed by atoms with Gasteiger partial charge < -0.3 is 10.6 Å². The topological polar surface area (TPSA) is 39.7 Å². The van der Waals surface area contributed by atoms with Crippen LogP contribution < -0.4 is 10.6 Å². The molecule has 1 saturated heterocycles. The molecule has 0 spiro atoms. The van der Waals surface area contributed by atoms with Crippen molar-refractivity contribution in [3.05, 3.63) is 35.9 Å². The van der Waals surface area contributed by atoms with Gasteiger partial charge in [0.25, 0.3) is 0 Å². The molecule has 2 fully saturated rings.